The molecule has 0 unspecified atom stereocenters. The van der Waals surface area contributed by atoms with Gasteiger partial charge in [0.2, 0.25) is 0 Å². The van der Waals surface area contributed by atoms with Crippen molar-refractivity contribution >= 4 is 27.7 Å². The Hall–Kier alpha value is -1.66. The van der Waals surface area contributed by atoms with E-state index in [9.17, 15) is 4.79 Å². The van der Waals surface area contributed by atoms with Crippen molar-refractivity contribution in [2.24, 2.45) is 0 Å². The summed E-state index contributed by atoms with van der Waals surface area (Å²) in [7, 11) is 3.16. The first-order chi connectivity index (χ1) is 10.7. The van der Waals surface area contributed by atoms with Gasteiger partial charge < -0.3 is 9.84 Å². The Morgan fingerprint density at radius 1 is 1.23 bits per heavy atom. The van der Waals surface area contributed by atoms with Crippen molar-refractivity contribution in [2.45, 2.75) is 29.2 Å². The number of pyridine rings is 1. The molecule has 1 N–H and O–H groups in total. The van der Waals surface area contributed by atoms with Gasteiger partial charge >= 0.3 is 6.16 Å². The van der Waals surface area contributed by atoms with Crippen LogP contribution in [-0.2, 0) is 11.2 Å². The summed E-state index contributed by atoms with van der Waals surface area (Å²) in [5, 5.41) is 9.85. The molecule has 1 aliphatic rings. The van der Waals surface area contributed by atoms with Gasteiger partial charge in [0.1, 0.15) is 11.1 Å². The third-order valence-corrected chi connectivity index (χ3v) is 6.22. The van der Waals surface area contributed by atoms with Crippen molar-refractivity contribution in [3.8, 4) is 0 Å². The fourth-order valence-corrected chi connectivity index (χ4v) is 5.23. The van der Waals surface area contributed by atoms with Crippen LogP contribution in [0, 0.1) is 0 Å². The van der Waals surface area contributed by atoms with E-state index in [-0.39, 0.29) is 11.4 Å². The summed E-state index contributed by atoms with van der Waals surface area (Å²) in [5.41, 5.74) is 2.43. The Morgan fingerprint density at radius 3 is 2.82 bits per heavy atom. The highest BCUT2D eigenvalue weighted by molar-refractivity contribution is 8.76. The lowest BCUT2D eigenvalue weighted by atomic mass is 9.89. The molecular formula is C16H15NO3S2. The van der Waals surface area contributed by atoms with Crippen LogP contribution in [0.2, 0.25) is 0 Å². The van der Waals surface area contributed by atoms with Crippen molar-refractivity contribution in [1.82, 2.24) is 4.98 Å². The van der Waals surface area contributed by atoms with Crippen molar-refractivity contribution in [3.63, 3.8) is 0 Å². The molecule has 114 valence electrons. The molecule has 6 heteroatoms. The minimum absolute atomic E-state index is 0.0203. The molecule has 0 amide bonds. The number of carbonyl (C=O) groups is 1. The molecule has 22 heavy (non-hydrogen) atoms. The quantitative estimate of drug-likeness (QED) is 0.653. The molecule has 0 saturated heterocycles. The maximum Gasteiger partial charge on any atom is 0.506 e. The van der Waals surface area contributed by atoms with Crippen molar-refractivity contribution in [3.05, 3.63) is 59.8 Å². The monoisotopic (exact) mass is 333 g/mol. The van der Waals surface area contributed by atoms with Gasteiger partial charge in [0, 0.05) is 6.20 Å². The van der Waals surface area contributed by atoms with Crippen LogP contribution in [0.1, 0.15) is 22.8 Å². The summed E-state index contributed by atoms with van der Waals surface area (Å²) >= 11 is 0. The molecule has 1 aliphatic carbocycles. The molecule has 1 heterocycles. The minimum atomic E-state index is -1.21. The van der Waals surface area contributed by atoms with E-state index in [4.69, 9.17) is 9.84 Å². The summed E-state index contributed by atoms with van der Waals surface area (Å²) in [5.74, 6) is 0. The topological polar surface area (TPSA) is 59.4 Å². The van der Waals surface area contributed by atoms with Crippen LogP contribution >= 0.6 is 21.6 Å². The maximum atomic E-state index is 10.9. The summed E-state index contributed by atoms with van der Waals surface area (Å²) < 4.78 is 5.11. The van der Waals surface area contributed by atoms with Gasteiger partial charge in [-0.15, -0.1) is 0 Å². The van der Waals surface area contributed by atoms with Crippen LogP contribution in [-0.4, -0.2) is 22.3 Å². The van der Waals surface area contributed by atoms with Gasteiger partial charge in [-0.2, -0.15) is 0 Å². The SMILES string of the molecule is O=C(O)O[C@@H]1CCc2ccccc2[C@H]1SSc1ccccn1. The van der Waals surface area contributed by atoms with Crippen LogP contribution in [0.3, 0.4) is 0 Å². The summed E-state index contributed by atoms with van der Waals surface area (Å²) in [6.07, 6.45) is 1.78. The van der Waals surface area contributed by atoms with Gasteiger partial charge in [-0.25, -0.2) is 9.78 Å². The predicted molar refractivity (Wildman–Crippen MR) is 88.1 cm³/mol. The van der Waals surface area contributed by atoms with Crippen LogP contribution < -0.4 is 0 Å². The van der Waals surface area contributed by atoms with Gasteiger partial charge in [-0.05, 0) is 46.9 Å². The van der Waals surface area contributed by atoms with E-state index < -0.39 is 6.16 Å². The van der Waals surface area contributed by atoms with Crippen LogP contribution in [0.5, 0.6) is 0 Å². The summed E-state index contributed by atoms with van der Waals surface area (Å²) in [4.78, 5) is 15.2. The van der Waals surface area contributed by atoms with E-state index in [0.29, 0.717) is 6.42 Å². The number of nitrogens with zero attached hydrogens (tertiary/aromatic N) is 1. The van der Waals surface area contributed by atoms with E-state index in [2.05, 4.69) is 17.1 Å². The lowest BCUT2D eigenvalue weighted by molar-refractivity contribution is 0.0449. The molecule has 3 rings (SSSR count). The number of ether oxygens (including phenoxy) is 1. The highest BCUT2D eigenvalue weighted by Crippen LogP contribution is 2.48. The largest absolute Gasteiger partial charge is 0.506 e. The van der Waals surface area contributed by atoms with Crippen molar-refractivity contribution < 1.29 is 14.6 Å². The molecule has 1 aromatic carbocycles. The third-order valence-electron chi connectivity index (χ3n) is 3.52. The highest BCUT2D eigenvalue weighted by Gasteiger charge is 2.33. The van der Waals surface area contributed by atoms with Crippen LogP contribution in [0.15, 0.2) is 53.7 Å². The molecule has 0 bridgehead atoms. The van der Waals surface area contributed by atoms with E-state index in [1.165, 1.54) is 5.56 Å². The molecule has 1 aromatic heterocycles. The molecule has 0 fully saturated rings. The Bertz CT molecular complexity index is 651. The average Bonchev–Trinajstić information content (AvgIpc) is 2.54. The van der Waals surface area contributed by atoms with E-state index >= 15 is 0 Å². The summed E-state index contributed by atoms with van der Waals surface area (Å²) in [6.45, 7) is 0. The number of benzene rings is 1. The number of fused-ring (bicyclic) bond motifs is 1. The zero-order valence-corrected chi connectivity index (χ0v) is 13.3. The number of aromatic nitrogens is 1. The second-order valence-corrected chi connectivity index (χ2v) is 7.29. The lowest BCUT2D eigenvalue weighted by Gasteiger charge is -2.31. The zero-order chi connectivity index (χ0) is 15.4. The van der Waals surface area contributed by atoms with Gasteiger partial charge in [0.15, 0.2) is 0 Å². The fourth-order valence-electron chi connectivity index (χ4n) is 2.55. The number of hydrogen-bond donors (Lipinski definition) is 1. The smallest absolute Gasteiger partial charge is 0.450 e. The van der Waals surface area contributed by atoms with Gasteiger partial charge in [-0.1, -0.05) is 41.1 Å². The molecule has 0 aliphatic heterocycles. The number of rotatable bonds is 4. The molecule has 4 nitrogen and oxygen atoms in total. The first kappa shape index (κ1) is 15.2. The van der Waals surface area contributed by atoms with E-state index in [1.807, 2.05) is 30.3 Å². The van der Waals surface area contributed by atoms with Gasteiger partial charge in [0.05, 0.1) is 5.25 Å². The Balaban J connectivity index is 1.80. The Labute approximate surface area is 136 Å². The number of carboxylic acid groups (broad SMARTS) is 1. The standard InChI is InChI=1S/C16H15NO3S2/c18-16(19)20-13-9-8-11-5-1-2-6-12(11)15(13)22-21-14-7-3-4-10-17-14/h1-7,10,13,15H,8-9H2,(H,18,19)/t13-,15-/m1/s1. The maximum absolute atomic E-state index is 10.9. The van der Waals surface area contributed by atoms with Gasteiger partial charge in [0.25, 0.3) is 0 Å². The Morgan fingerprint density at radius 2 is 2.05 bits per heavy atom. The average molecular weight is 333 g/mol. The molecule has 2 atom stereocenters. The van der Waals surface area contributed by atoms with Crippen molar-refractivity contribution in [2.75, 3.05) is 0 Å². The first-order valence-corrected chi connectivity index (χ1v) is 9.17. The molecular weight excluding hydrogens is 318 g/mol. The first-order valence-electron chi connectivity index (χ1n) is 6.96. The number of aryl methyl sites for hydroxylation is 1. The number of hydrogen-bond acceptors (Lipinski definition) is 5. The predicted octanol–water partition coefficient (Wildman–Crippen LogP) is 4.57. The normalized spacial score (nSPS) is 20.2. The van der Waals surface area contributed by atoms with E-state index in [1.54, 1.807) is 27.8 Å². The summed E-state index contributed by atoms with van der Waals surface area (Å²) in [6, 6.07) is 13.9. The minimum Gasteiger partial charge on any atom is -0.450 e. The fraction of sp³-hybridized carbons (Fsp3) is 0.250. The second kappa shape index (κ2) is 7.07. The van der Waals surface area contributed by atoms with E-state index in [0.717, 1.165) is 17.0 Å². The lowest BCUT2D eigenvalue weighted by Crippen LogP contribution is -2.28. The van der Waals surface area contributed by atoms with Crippen LogP contribution in [0.25, 0.3) is 0 Å². The third kappa shape index (κ3) is 3.56. The molecule has 0 spiro atoms. The molecule has 0 radical (unpaired) electrons. The highest BCUT2D eigenvalue weighted by atomic mass is 33.1. The van der Waals surface area contributed by atoms with Crippen molar-refractivity contribution in [1.29, 1.82) is 0 Å². The second-order valence-electron chi connectivity index (χ2n) is 4.93. The Kier molecular flexibility index (Phi) is 4.90. The van der Waals surface area contributed by atoms with Gasteiger partial charge in [-0.3, -0.25) is 0 Å². The van der Waals surface area contributed by atoms with Crippen LogP contribution in [0.4, 0.5) is 4.79 Å². The molecule has 0 saturated carbocycles. The molecule has 2 aromatic rings. The zero-order valence-electron chi connectivity index (χ0n) is 11.7.